The molecule has 0 atom stereocenters. The van der Waals surface area contributed by atoms with Crippen molar-refractivity contribution >= 4 is 51.5 Å². The average molecular weight is 376 g/mol. The van der Waals surface area contributed by atoms with Crippen LogP contribution in [-0.4, -0.2) is 9.97 Å². The predicted octanol–water partition coefficient (Wildman–Crippen LogP) is 3.07. The molecule has 5 nitrogen and oxygen atoms in total. The summed E-state index contributed by atoms with van der Waals surface area (Å²) in [5.74, 6) is 7.22. The van der Waals surface area contributed by atoms with Crippen LogP contribution in [0.5, 0.6) is 0 Å². The van der Waals surface area contributed by atoms with Gasteiger partial charge < -0.3 is 10.7 Å². The predicted molar refractivity (Wildman–Crippen MR) is 82.0 cm³/mol. The molecule has 0 saturated carbocycles. The van der Waals surface area contributed by atoms with Crippen LogP contribution in [0.4, 0.5) is 17.3 Å². The first-order chi connectivity index (χ1) is 8.58. The first kappa shape index (κ1) is 13.3. The van der Waals surface area contributed by atoms with Gasteiger partial charge in [-0.2, -0.15) is 0 Å². The van der Waals surface area contributed by atoms with Gasteiger partial charge in [0.2, 0.25) is 0 Å². The van der Waals surface area contributed by atoms with Gasteiger partial charge in [0.05, 0.1) is 5.69 Å². The lowest BCUT2D eigenvalue weighted by Gasteiger charge is -2.10. The Hall–Kier alpha value is -1.12. The van der Waals surface area contributed by atoms with Gasteiger partial charge in [-0.1, -0.05) is 11.6 Å². The second-order valence-electron chi connectivity index (χ2n) is 3.58. The molecule has 2 rings (SSSR count). The quantitative estimate of drug-likeness (QED) is 0.437. The molecule has 4 N–H and O–H groups in total. The lowest BCUT2D eigenvalue weighted by molar-refractivity contribution is 1.05. The van der Waals surface area contributed by atoms with Crippen LogP contribution in [0.3, 0.4) is 0 Å². The Bertz CT molecular complexity index is 575. The summed E-state index contributed by atoms with van der Waals surface area (Å²) in [6.45, 7) is 1.80. The maximum atomic E-state index is 5.91. The largest absolute Gasteiger partial charge is 0.339 e. The molecule has 0 aliphatic rings. The monoisotopic (exact) mass is 375 g/mol. The summed E-state index contributed by atoms with van der Waals surface area (Å²) >= 11 is 8.12. The Labute approximate surface area is 123 Å². The van der Waals surface area contributed by atoms with Crippen LogP contribution in [0, 0.1) is 10.5 Å². The van der Waals surface area contributed by atoms with Crippen LogP contribution < -0.4 is 16.6 Å². The third-order valence-electron chi connectivity index (χ3n) is 2.18. The number of anilines is 3. The van der Waals surface area contributed by atoms with Crippen LogP contribution in [0.15, 0.2) is 24.3 Å². The number of halogens is 2. The van der Waals surface area contributed by atoms with Gasteiger partial charge in [0, 0.05) is 14.7 Å². The Balaban J connectivity index is 2.30. The minimum Gasteiger partial charge on any atom is -0.339 e. The molecular weight excluding hydrogens is 365 g/mol. The maximum Gasteiger partial charge on any atom is 0.145 e. The van der Waals surface area contributed by atoms with E-state index in [1.165, 1.54) is 0 Å². The van der Waals surface area contributed by atoms with Crippen LogP contribution in [0.1, 0.15) is 5.82 Å². The van der Waals surface area contributed by atoms with Crippen molar-refractivity contribution in [2.45, 2.75) is 6.92 Å². The van der Waals surface area contributed by atoms with Gasteiger partial charge in [0.15, 0.2) is 0 Å². The van der Waals surface area contributed by atoms with Gasteiger partial charge in [-0.25, -0.2) is 15.8 Å². The Morgan fingerprint density at radius 1 is 1.22 bits per heavy atom. The van der Waals surface area contributed by atoms with Crippen LogP contribution in [-0.2, 0) is 0 Å². The highest BCUT2D eigenvalue weighted by atomic mass is 127. The van der Waals surface area contributed by atoms with Crippen molar-refractivity contribution in [1.82, 2.24) is 9.97 Å². The van der Waals surface area contributed by atoms with Gasteiger partial charge in [-0.3, -0.25) is 0 Å². The molecule has 2 aromatic rings. The standard InChI is InChI=1S/C11H11ClIN5/c1-6-15-10(5-11(16-6)18-14)17-9-3-2-7(12)4-8(9)13/h2-5H,14H2,1H3,(H2,15,16,17,18). The molecule has 1 aromatic carbocycles. The number of nitrogen functional groups attached to an aromatic ring is 1. The molecule has 18 heavy (non-hydrogen) atoms. The summed E-state index contributed by atoms with van der Waals surface area (Å²) in [5.41, 5.74) is 3.44. The van der Waals surface area contributed by atoms with Crippen molar-refractivity contribution < 1.29 is 0 Å². The molecule has 0 aliphatic heterocycles. The van der Waals surface area contributed by atoms with E-state index in [9.17, 15) is 0 Å². The number of hydrazine groups is 1. The maximum absolute atomic E-state index is 5.91. The van der Waals surface area contributed by atoms with Crippen molar-refractivity contribution in [3.05, 3.63) is 38.7 Å². The summed E-state index contributed by atoms with van der Waals surface area (Å²) in [5, 5.41) is 3.90. The first-order valence-electron chi connectivity index (χ1n) is 5.13. The fourth-order valence-corrected chi connectivity index (χ4v) is 2.44. The second-order valence-corrected chi connectivity index (χ2v) is 5.18. The van der Waals surface area contributed by atoms with Crippen molar-refractivity contribution in [2.75, 3.05) is 10.7 Å². The van der Waals surface area contributed by atoms with Crippen molar-refractivity contribution in [1.29, 1.82) is 0 Å². The number of nitrogens with zero attached hydrogens (tertiary/aromatic N) is 2. The minimum atomic E-state index is 0.564. The molecule has 0 aliphatic carbocycles. The molecule has 0 fully saturated rings. The topological polar surface area (TPSA) is 75.9 Å². The summed E-state index contributed by atoms with van der Waals surface area (Å²) < 4.78 is 1.01. The number of nitrogens with one attached hydrogen (secondary N) is 2. The molecule has 94 valence electrons. The Kier molecular flexibility index (Phi) is 4.20. The molecule has 1 aromatic heterocycles. The van der Waals surface area contributed by atoms with E-state index in [1.54, 1.807) is 13.0 Å². The van der Waals surface area contributed by atoms with Gasteiger partial charge in [-0.15, -0.1) is 0 Å². The third kappa shape index (κ3) is 3.21. The zero-order chi connectivity index (χ0) is 13.1. The van der Waals surface area contributed by atoms with E-state index in [-0.39, 0.29) is 0 Å². The summed E-state index contributed by atoms with van der Waals surface area (Å²) in [4.78, 5) is 8.41. The van der Waals surface area contributed by atoms with Crippen molar-refractivity contribution in [3.63, 3.8) is 0 Å². The van der Waals surface area contributed by atoms with Gasteiger partial charge in [0.1, 0.15) is 17.5 Å². The van der Waals surface area contributed by atoms with E-state index in [1.807, 2.05) is 18.2 Å². The second kappa shape index (κ2) is 5.68. The van der Waals surface area contributed by atoms with E-state index in [4.69, 9.17) is 17.4 Å². The first-order valence-corrected chi connectivity index (χ1v) is 6.58. The van der Waals surface area contributed by atoms with Crippen LogP contribution in [0.25, 0.3) is 0 Å². The number of aromatic nitrogens is 2. The average Bonchev–Trinajstić information content (AvgIpc) is 2.32. The molecular formula is C11H11ClIN5. The number of aryl methyl sites for hydroxylation is 1. The smallest absolute Gasteiger partial charge is 0.145 e. The lowest BCUT2D eigenvalue weighted by Crippen LogP contribution is -2.10. The molecule has 0 saturated heterocycles. The Morgan fingerprint density at radius 2 is 1.94 bits per heavy atom. The Morgan fingerprint density at radius 3 is 2.61 bits per heavy atom. The van der Waals surface area contributed by atoms with Gasteiger partial charge in [-0.05, 0) is 47.7 Å². The molecule has 0 unspecified atom stereocenters. The van der Waals surface area contributed by atoms with E-state index >= 15 is 0 Å². The molecule has 0 spiro atoms. The summed E-state index contributed by atoms with van der Waals surface area (Å²) in [7, 11) is 0. The highest BCUT2D eigenvalue weighted by molar-refractivity contribution is 14.1. The lowest BCUT2D eigenvalue weighted by atomic mass is 10.3. The van der Waals surface area contributed by atoms with E-state index in [2.05, 4.69) is 43.3 Å². The van der Waals surface area contributed by atoms with Crippen LogP contribution in [0.2, 0.25) is 5.02 Å². The fourth-order valence-electron chi connectivity index (χ4n) is 1.43. The SMILES string of the molecule is Cc1nc(NN)cc(Nc2ccc(Cl)cc2I)n1. The zero-order valence-electron chi connectivity index (χ0n) is 9.54. The minimum absolute atomic E-state index is 0.564. The van der Waals surface area contributed by atoms with E-state index in [0.29, 0.717) is 22.5 Å². The molecule has 0 amide bonds. The van der Waals surface area contributed by atoms with E-state index in [0.717, 1.165) is 9.26 Å². The summed E-state index contributed by atoms with van der Waals surface area (Å²) in [6.07, 6.45) is 0. The van der Waals surface area contributed by atoms with Crippen molar-refractivity contribution in [3.8, 4) is 0 Å². The number of hydrogen-bond acceptors (Lipinski definition) is 5. The normalized spacial score (nSPS) is 10.2. The van der Waals surface area contributed by atoms with Crippen LogP contribution >= 0.6 is 34.2 Å². The number of hydrogen-bond donors (Lipinski definition) is 3. The molecule has 7 heteroatoms. The number of nitrogens with two attached hydrogens (primary N) is 1. The highest BCUT2D eigenvalue weighted by Crippen LogP contribution is 2.25. The number of rotatable bonds is 3. The van der Waals surface area contributed by atoms with Crippen molar-refractivity contribution in [2.24, 2.45) is 5.84 Å². The number of benzene rings is 1. The summed E-state index contributed by atoms with van der Waals surface area (Å²) in [6, 6.07) is 7.33. The van der Waals surface area contributed by atoms with Gasteiger partial charge in [0.25, 0.3) is 0 Å². The zero-order valence-corrected chi connectivity index (χ0v) is 12.5. The fraction of sp³-hybridized carbons (Fsp3) is 0.0909. The molecule has 0 radical (unpaired) electrons. The van der Waals surface area contributed by atoms with E-state index < -0.39 is 0 Å². The third-order valence-corrected chi connectivity index (χ3v) is 3.31. The highest BCUT2D eigenvalue weighted by Gasteiger charge is 2.04. The molecule has 1 heterocycles. The van der Waals surface area contributed by atoms with Gasteiger partial charge >= 0.3 is 0 Å². The molecule has 0 bridgehead atoms.